The Morgan fingerprint density at radius 1 is 1.03 bits per heavy atom. The molecule has 0 saturated heterocycles. The van der Waals surface area contributed by atoms with Gasteiger partial charge in [0.05, 0.1) is 17.6 Å². The fourth-order valence-electron chi connectivity index (χ4n) is 4.19. The SMILES string of the molecule is Cc1ccc(C(C)C)c(OCCCn2c(CCNC(=O)c3ccccc3)nc3ccccc32)c1. The summed E-state index contributed by atoms with van der Waals surface area (Å²) in [4.78, 5) is 17.2. The van der Waals surface area contributed by atoms with E-state index in [9.17, 15) is 4.79 Å². The molecule has 1 N–H and O–H groups in total. The number of aromatic nitrogens is 2. The van der Waals surface area contributed by atoms with Gasteiger partial charge in [0.2, 0.25) is 0 Å². The lowest BCUT2D eigenvalue weighted by Gasteiger charge is -2.15. The molecule has 0 atom stereocenters. The van der Waals surface area contributed by atoms with Gasteiger partial charge in [0, 0.05) is 25.1 Å². The van der Waals surface area contributed by atoms with Crippen LogP contribution in [-0.2, 0) is 13.0 Å². The van der Waals surface area contributed by atoms with Gasteiger partial charge in [0.25, 0.3) is 5.91 Å². The van der Waals surface area contributed by atoms with E-state index in [4.69, 9.17) is 9.72 Å². The summed E-state index contributed by atoms with van der Waals surface area (Å²) in [5.74, 6) is 2.32. The van der Waals surface area contributed by atoms with E-state index in [2.05, 4.69) is 54.9 Å². The molecule has 0 bridgehead atoms. The second-order valence-corrected chi connectivity index (χ2v) is 8.94. The molecule has 1 heterocycles. The Kier molecular flexibility index (Phi) is 7.63. The number of imidazole rings is 1. The highest BCUT2D eigenvalue weighted by molar-refractivity contribution is 5.94. The molecule has 1 aromatic heterocycles. The van der Waals surface area contributed by atoms with Crippen LogP contribution in [0.2, 0.25) is 0 Å². The lowest BCUT2D eigenvalue weighted by molar-refractivity contribution is 0.0954. The highest BCUT2D eigenvalue weighted by Crippen LogP contribution is 2.27. The van der Waals surface area contributed by atoms with Crippen LogP contribution in [0, 0.1) is 6.92 Å². The van der Waals surface area contributed by atoms with Crippen molar-refractivity contribution in [3.8, 4) is 5.75 Å². The third-order valence-corrected chi connectivity index (χ3v) is 5.98. The van der Waals surface area contributed by atoms with Crippen LogP contribution in [0.15, 0.2) is 72.8 Å². The molecule has 0 aliphatic rings. The first-order chi connectivity index (χ1) is 16.5. The predicted molar refractivity (Wildman–Crippen MR) is 138 cm³/mol. The van der Waals surface area contributed by atoms with Crippen LogP contribution in [0.5, 0.6) is 5.75 Å². The van der Waals surface area contributed by atoms with Gasteiger partial charge in [0.15, 0.2) is 0 Å². The maximum Gasteiger partial charge on any atom is 0.251 e. The summed E-state index contributed by atoms with van der Waals surface area (Å²) in [6, 6.07) is 23.9. The predicted octanol–water partition coefficient (Wildman–Crippen LogP) is 5.91. The number of nitrogens with zero attached hydrogens (tertiary/aromatic N) is 2. The summed E-state index contributed by atoms with van der Waals surface area (Å²) in [6.45, 7) is 8.47. The molecular weight excluding hydrogens is 422 g/mol. The molecule has 0 radical (unpaired) electrons. The van der Waals surface area contributed by atoms with E-state index in [-0.39, 0.29) is 5.91 Å². The zero-order chi connectivity index (χ0) is 23.9. The van der Waals surface area contributed by atoms with Crippen LogP contribution in [0.25, 0.3) is 11.0 Å². The molecule has 0 spiro atoms. The number of nitrogens with one attached hydrogen (secondary N) is 1. The second-order valence-electron chi connectivity index (χ2n) is 8.94. The monoisotopic (exact) mass is 455 g/mol. The minimum atomic E-state index is -0.0595. The van der Waals surface area contributed by atoms with Gasteiger partial charge < -0.3 is 14.6 Å². The first-order valence-electron chi connectivity index (χ1n) is 12.0. The first kappa shape index (κ1) is 23.6. The molecule has 3 aromatic carbocycles. The highest BCUT2D eigenvalue weighted by Gasteiger charge is 2.12. The van der Waals surface area contributed by atoms with E-state index in [0.29, 0.717) is 31.1 Å². The number of aryl methyl sites for hydroxylation is 2. The number of ether oxygens (including phenoxy) is 1. The fourth-order valence-corrected chi connectivity index (χ4v) is 4.19. The number of benzene rings is 3. The summed E-state index contributed by atoms with van der Waals surface area (Å²) in [5.41, 5.74) is 5.22. The van der Waals surface area contributed by atoms with Crippen molar-refractivity contribution in [3.63, 3.8) is 0 Å². The second kappa shape index (κ2) is 11.0. The van der Waals surface area contributed by atoms with Crippen LogP contribution >= 0.6 is 0 Å². The molecule has 4 aromatic rings. The minimum absolute atomic E-state index is 0.0595. The van der Waals surface area contributed by atoms with E-state index in [1.165, 1.54) is 11.1 Å². The molecule has 5 heteroatoms. The lowest BCUT2D eigenvalue weighted by atomic mass is 10.0. The smallest absolute Gasteiger partial charge is 0.251 e. The van der Waals surface area contributed by atoms with Crippen molar-refractivity contribution in [2.75, 3.05) is 13.2 Å². The molecule has 176 valence electrons. The topological polar surface area (TPSA) is 56.1 Å². The molecule has 0 aliphatic heterocycles. The normalized spacial score (nSPS) is 11.2. The molecule has 0 fully saturated rings. The molecule has 1 amide bonds. The maximum absolute atomic E-state index is 12.4. The van der Waals surface area contributed by atoms with Crippen LogP contribution < -0.4 is 10.1 Å². The van der Waals surface area contributed by atoms with E-state index in [1.54, 1.807) is 0 Å². The number of carbonyl (C=O) groups excluding carboxylic acids is 1. The van der Waals surface area contributed by atoms with Gasteiger partial charge in [-0.05, 0) is 60.7 Å². The lowest BCUT2D eigenvalue weighted by Crippen LogP contribution is -2.26. The number of para-hydroxylation sites is 2. The van der Waals surface area contributed by atoms with E-state index >= 15 is 0 Å². The summed E-state index contributed by atoms with van der Waals surface area (Å²) < 4.78 is 8.46. The number of fused-ring (bicyclic) bond motifs is 1. The highest BCUT2D eigenvalue weighted by atomic mass is 16.5. The first-order valence-corrected chi connectivity index (χ1v) is 12.0. The Morgan fingerprint density at radius 3 is 2.59 bits per heavy atom. The van der Waals surface area contributed by atoms with Crippen molar-refractivity contribution in [2.45, 2.75) is 46.1 Å². The van der Waals surface area contributed by atoms with Gasteiger partial charge in [-0.3, -0.25) is 4.79 Å². The van der Waals surface area contributed by atoms with E-state index in [1.807, 2.05) is 48.5 Å². The van der Waals surface area contributed by atoms with Crippen molar-refractivity contribution in [3.05, 3.63) is 95.3 Å². The van der Waals surface area contributed by atoms with Gasteiger partial charge >= 0.3 is 0 Å². The molecule has 5 nitrogen and oxygen atoms in total. The average molecular weight is 456 g/mol. The number of hydrogen-bond donors (Lipinski definition) is 1. The van der Waals surface area contributed by atoms with Crippen LogP contribution in [0.4, 0.5) is 0 Å². The Bertz CT molecular complexity index is 1240. The molecule has 0 saturated carbocycles. The van der Waals surface area contributed by atoms with Crippen molar-refractivity contribution in [2.24, 2.45) is 0 Å². The van der Waals surface area contributed by atoms with Gasteiger partial charge in [-0.1, -0.05) is 56.3 Å². The minimum Gasteiger partial charge on any atom is -0.493 e. The van der Waals surface area contributed by atoms with Gasteiger partial charge in [-0.15, -0.1) is 0 Å². The van der Waals surface area contributed by atoms with Crippen molar-refractivity contribution >= 4 is 16.9 Å². The van der Waals surface area contributed by atoms with Gasteiger partial charge in [-0.2, -0.15) is 0 Å². The van der Waals surface area contributed by atoms with Crippen LogP contribution in [-0.4, -0.2) is 28.6 Å². The van der Waals surface area contributed by atoms with Crippen LogP contribution in [0.1, 0.15) is 53.5 Å². The molecule has 4 rings (SSSR count). The third-order valence-electron chi connectivity index (χ3n) is 5.98. The molecule has 0 aliphatic carbocycles. The molecular formula is C29H33N3O2. The van der Waals surface area contributed by atoms with Crippen molar-refractivity contribution in [1.29, 1.82) is 0 Å². The van der Waals surface area contributed by atoms with Crippen molar-refractivity contribution < 1.29 is 9.53 Å². The fraction of sp³-hybridized carbons (Fsp3) is 0.310. The summed E-state index contributed by atoms with van der Waals surface area (Å²) in [5, 5.41) is 3.01. The van der Waals surface area contributed by atoms with E-state index in [0.717, 1.165) is 35.6 Å². The van der Waals surface area contributed by atoms with Crippen LogP contribution in [0.3, 0.4) is 0 Å². The maximum atomic E-state index is 12.4. The third kappa shape index (κ3) is 5.66. The average Bonchev–Trinajstić information content (AvgIpc) is 3.19. The molecule has 34 heavy (non-hydrogen) atoms. The summed E-state index contributed by atoms with van der Waals surface area (Å²) >= 11 is 0. The Morgan fingerprint density at radius 2 is 1.79 bits per heavy atom. The zero-order valence-electron chi connectivity index (χ0n) is 20.3. The Labute approximate surface area is 201 Å². The summed E-state index contributed by atoms with van der Waals surface area (Å²) in [6.07, 6.45) is 1.54. The van der Waals surface area contributed by atoms with Gasteiger partial charge in [-0.25, -0.2) is 4.98 Å². The van der Waals surface area contributed by atoms with E-state index < -0.39 is 0 Å². The van der Waals surface area contributed by atoms with Crippen molar-refractivity contribution in [1.82, 2.24) is 14.9 Å². The quantitative estimate of drug-likeness (QED) is 0.303. The number of carbonyl (C=O) groups is 1. The Hall–Kier alpha value is -3.60. The largest absolute Gasteiger partial charge is 0.493 e. The zero-order valence-corrected chi connectivity index (χ0v) is 20.3. The number of rotatable bonds is 10. The standard InChI is InChI=1S/C29H33N3O2/c1-21(2)24-15-14-22(3)20-27(24)34-19-9-18-32-26-13-8-7-12-25(26)31-28(32)16-17-30-29(33)23-10-5-4-6-11-23/h4-8,10-15,20-21H,9,16-19H2,1-3H3,(H,30,33). The molecule has 0 unspecified atom stereocenters. The Balaban J connectivity index is 1.40. The summed E-state index contributed by atoms with van der Waals surface area (Å²) in [7, 11) is 0. The van der Waals surface area contributed by atoms with Gasteiger partial charge in [0.1, 0.15) is 11.6 Å². The number of amides is 1. The number of hydrogen-bond acceptors (Lipinski definition) is 3.